The smallest absolute Gasteiger partial charge is 0.399 e. The van der Waals surface area contributed by atoms with Gasteiger partial charge in [0.15, 0.2) is 5.82 Å². The summed E-state index contributed by atoms with van der Waals surface area (Å²) in [5.74, 6) is -2.36. The number of pyridine rings is 1. The lowest BCUT2D eigenvalue weighted by Gasteiger charge is -2.32. The molecule has 150 valence electrons. The summed E-state index contributed by atoms with van der Waals surface area (Å²) in [6, 6.07) is 2.91. The molecule has 1 fully saturated rings. The van der Waals surface area contributed by atoms with Crippen molar-refractivity contribution in [2.24, 2.45) is 5.14 Å². The molecule has 2 aromatic rings. The average molecular weight is 431 g/mol. The van der Waals surface area contributed by atoms with E-state index >= 15 is 0 Å². The standard InChI is InChI=1S/C17H18BClF2N2O4S/c1-16(2)17(3,4)27-18(26-16)9-7-10(15(19)23-8-9)13-11(20)5-6-12(14(13)21)28(22,24)25/h5-8H,1-4H3,(H2,22,24,25). The van der Waals surface area contributed by atoms with Gasteiger partial charge in [0.05, 0.1) is 16.8 Å². The number of aromatic nitrogens is 1. The third kappa shape index (κ3) is 3.55. The molecular formula is C17H18BClF2N2O4S. The minimum Gasteiger partial charge on any atom is -0.399 e. The van der Waals surface area contributed by atoms with Crippen LogP contribution in [-0.2, 0) is 19.3 Å². The van der Waals surface area contributed by atoms with E-state index in [2.05, 4.69) is 4.98 Å². The monoisotopic (exact) mass is 430 g/mol. The van der Waals surface area contributed by atoms with E-state index in [-0.39, 0.29) is 10.7 Å². The van der Waals surface area contributed by atoms with Crippen molar-refractivity contribution < 1.29 is 26.5 Å². The molecule has 2 N–H and O–H groups in total. The van der Waals surface area contributed by atoms with Gasteiger partial charge in [0.2, 0.25) is 10.0 Å². The Morgan fingerprint density at radius 3 is 2.25 bits per heavy atom. The van der Waals surface area contributed by atoms with Crippen LogP contribution < -0.4 is 10.6 Å². The van der Waals surface area contributed by atoms with Crippen LogP contribution in [-0.4, -0.2) is 31.7 Å². The Kier molecular flexibility index (Phi) is 5.09. The molecule has 2 heterocycles. The van der Waals surface area contributed by atoms with E-state index in [9.17, 15) is 17.2 Å². The van der Waals surface area contributed by atoms with Gasteiger partial charge in [-0.3, -0.25) is 0 Å². The molecule has 1 aliphatic rings. The molecule has 0 aliphatic carbocycles. The summed E-state index contributed by atoms with van der Waals surface area (Å²) in [4.78, 5) is 3.11. The van der Waals surface area contributed by atoms with Crippen LogP contribution >= 0.6 is 11.6 Å². The Morgan fingerprint density at radius 2 is 1.71 bits per heavy atom. The number of benzene rings is 1. The number of nitrogens with two attached hydrogens (primary N) is 1. The fraction of sp³-hybridized carbons (Fsp3) is 0.353. The molecule has 0 spiro atoms. The molecule has 1 aromatic heterocycles. The van der Waals surface area contributed by atoms with E-state index in [0.717, 1.165) is 12.1 Å². The zero-order chi connectivity index (χ0) is 21.1. The van der Waals surface area contributed by atoms with Crippen LogP contribution in [0.25, 0.3) is 11.1 Å². The Labute approximate surface area is 167 Å². The summed E-state index contributed by atoms with van der Waals surface area (Å²) in [5.41, 5.74) is -1.70. The van der Waals surface area contributed by atoms with E-state index in [0.29, 0.717) is 5.46 Å². The van der Waals surface area contributed by atoms with E-state index in [1.807, 2.05) is 27.7 Å². The van der Waals surface area contributed by atoms with Gasteiger partial charge >= 0.3 is 7.12 Å². The van der Waals surface area contributed by atoms with Crippen molar-refractivity contribution in [1.29, 1.82) is 0 Å². The van der Waals surface area contributed by atoms with Crippen molar-refractivity contribution in [2.45, 2.75) is 43.8 Å². The van der Waals surface area contributed by atoms with Crippen molar-refractivity contribution in [1.82, 2.24) is 4.98 Å². The molecule has 0 atom stereocenters. The van der Waals surface area contributed by atoms with Gasteiger partial charge in [-0.15, -0.1) is 0 Å². The van der Waals surface area contributed by atoms with Crippen LogP contribution in [0.15, 0.2) is 29.3 Å². The van der Waals surface area contributed by atoms with Crippen LogP contribution in [0.2, 0.25) is 5.15 Å². The van der Waals surface area contributed by atoms with Crippen LogP contribution in [0.5, 0.6) is 0 Å². The van der Waals surface area contributed by atoms with Crippen molar-refractivity contribution in [3.05, 3.63) is 41.2 Å². The summed E-state index contributed by atoms with van der Waals surface area (Å²) in [7, 11) is -5.25. The van der Waals surface area contributed by atoms with Gasteiger partial charge in [-0.05, 0) is 45.9 Å². The van der Waals surface area contributed by atoms with E-state index in [1.165, 1.54) is 12.3 Å². The molecule has 0 unspecified atom stereocenters. The minimum absolute atomic E-state index is 0.144. The van der Waals surface area contributed by atoms with Crippen LogP contribution in [0, 0.1) is 11.6 Å². The summed E-state index contributed by atoms with van der Waals surface area (Å²) in [6.07, 6.45) is 1.37. The summed E-state index contributed by atoms with van der Waals surface area (Å²) in [6.45, 7) is 7.41. The van der Waals surface area contributed by atoms with Gasteiger partial charge in [0.1, 0.15) is 15.9 Å². The molecule has 1 aliphatic heterocycles. The topological polar surface area (TPSA) is 91.5 Å². The maximum atomic E-state index is 14.8. The largest absolute Gasteiger partial charge is 0.496 e. The fourth-order valence-electron chi connectivity index (χ4n) is 2.75. The number of rotatable bonds is 3. The van der Waals surface area contributed by atoms with Gasteiger partial charge in [0.25, 0.3) is 0 Å². The first-order chi connectivity index (χ1) is 12.7. The summed E-state index contributed by atoms with van der Waals surface area (Å²) >= 11 is 6.05. The quantitative estimate of drug-likeness (QED) is 0.597. The number of hydrogen-bond acceptors (Lipinski definition) is 5. The average Bonchev–Trinajstić information content (AvgIpc) is 2.75. The van der Waals surface area contributed by atoms with Crippen LogP contribution in [0.1, 0.15) is 27.7 Å². The first-order valence-electron chi connectivity index (χ1n) is 8.27. The van der Waals surface area contributed by atoms with Gasteiger partial charge in [-0.25, -0.2) is 27.3 Å². The lowest BCUT2D eigenvalue weighted by molar-refractivity contribution is 0.00578. The highest BCUT2D eigenvalue weighted by Crippen LogP contribution is 2.37. The Balaban J connectivity index is 2.15. The van der Waals surface area contributed by atoms with Crippen molar-refractivity contribution >= 4 is 34.2 Å². The van der Waals surface area contributed by atoms with Crippen molar-refractivity contribution in [3.8, 4) is 11.1 Å². The van der Waals surface area contributed by atoms with Gasteiger partial charge in [0, 0.05) is 17.2 Å². The lowest BCUT2D eigenvalue weighted by Crippen LogP contribution is -2.41. The SMILES string of the molecule is CC1(C)OB(c2cnc(Cl)c(-c3c(F)ccc(S(N)(=O)=O)c3F)c2)OC1(C)C. The zero-order valence-electron chi connectivity index (χ0n) is 15.6. The second-order valence-corrected chi connectivity index (χ2v) is 9.36. The molecule has 0 saturated carbocycles. The second-order valence-electron chi connectivity index (χ2n) is 7.47. The molecule has 6 nitrogen and oxygen atoms in total. The first kappa shape index (κ1) is 21.1. The molecule has 1 saturated heterocycles. The molecule has 3 rings (SSSR count). The third-order valence-corrected chi connectivity index (χ3v) is 6.25. The minimum atomic E-state index is -4.40. The van der Waals surface area contributed by atoms with Gasteiger partial charge < -0.3 is 9.31 Å². The molecule has 11 heteroatoms. The summed E-state index contributed by atoms with van der Waals surface area (Å²) < 4.78 is 64.2. The number of sulfonamides is 1. The number of halogens is 3. The number of primary sulfonamides is 1. The Hall–Kier alpha value is -1.59. The predicted molar refractivity (Wildman–Crippen MR) is 102 cm³/mol. The van der Waals surface area contributed by atoms with Crippen LogP contribution in [0.4, 0.5) is 8.78 Å². The highest BCUT2D eigenvalue weighted by Gasteiger charge is 2.52. The molecule has 0 radical (unpaired) electrons. The zero-order valence-corrected chi connectivity index (χ0v) is 17.2. The van der Waals surface area contributed by atoms with Gasteiger partial charge in [-0.1, -0.05) is 11.6 Å². The third-order valence-electron chi connectivity index (χ3n) is 5.02. The molecule has 0 amide bonds. The van der Waals surface area contributed by atoms with Gasteiger partial charge in [-0.2, -0.15) is 0 Å². The fourth-order valence-corrected chi connectivity index (χ4v) is 3.56. The molecular weight excluding hydrogens is 413 g/mol. The maximum absolute atomic E-state index is 14.8. The maximum Gasteiger partial charge on any atom is 0.496 e. The summed E-state index contributed by atoms with van der Waals surface area (Å²) in [5, 5.41) is 4.79. The van der Waals surface area contributed by atoms with Crippen molar-refractivity contribution in [2.75, 3.05) is 0 Å². The van der Waals surface area contributed by atoms with E-state index < -0.39 is 50.4 Å². The lowest BCUT2D eigenvalue weighted by atomic mass is 9.79. The van der Waals surface area contributed by atoms with E-state index in [1.54, 1.807) is 0 Å². The molecule has 0 bridgehead atoms. The highest BCUT2D eigenvalue weighted by atomic mass is 35.5. The highest BCUT2D eigenvalue weighted by molar-refractivity contribution is 7.89. The first-order valence-corrected chi connectivity index (χ1v) is 10.2. The molecule has 28 heavy (non-hydrogen) atoms. The number of hydrogen-bond donors (Lipinski definition) is 1. The predicted octanol–water partition coefficient (Wildman–Crippen LogP) is 2.63. The Morgan fingerprint density at radius 1 is 1.14 bits per heavy atom. The molecule has 1 aromatic carbocycles. The van der Waals surface area contributed by atoms with Crippen LogP contribution in [0.3, 0.4) is 0 Å². The van der Waals surface area contributed by atoms with E-state index in [4.69, 9.17) is 26.0 Å². The second kappa shape index (κ2) is 6.74. The Bertz CT molecular complexity index is 1050. The van der Waals surface area contributed by atoms with Crippen molar-refractivity contribution in [3.63, 3.8) is 0 Å². The number of nitrogens with zero attached hydrogens (tertiary/aromatic N) is 1. The normalized spacial score (nSPS) is 18.5.